The molecule has 0 saturated carbocycles. The Morgan fingerprint density at radius 3 is 2.58 bits per heavy atom. The van der Waals surface area contributed by atoms with Crippen LogP contribution in [0.1, 0.15) is 12.5 Å². The standard InChI is InChI=1S/C12H11Cl2FN4/c1-7(6-8-2-4-9(15)5-3-8)16-11-10(13)18-19-12(14)17-11/h2-5,7H,6H2,1H3,(H,16,17,19). The van der Waals surface area contributed by atoms with E-state index < -0.39 is 0 Å². The van der Waals surface area contributed by atoms with Gasteiger partial charge in [-0.25, -0.2) is 4.39 Å². The van der Waals surface area contributed by atoms with E-state index in [0.29, 0.717) is 12.2 Å². The molecule has 0 aliphatic rings. The van der Waals surface area contributed by atoms with Crippen molar-refractivity contribution in [1.82, 2.24) is 15.2 Å². The van der Waals surface area contributed by atoms with Crippen molar-refractivity contribution in [3.05, 3.63) is 46.1 Å². The number of anilines is 1. The van der Waals surface area contributed by atoms with Gasteiger partial charge in [-0.2, -0.15) is 4.98 Å². The quantitative estimate of drug-likeness (QED) is 0.940. The van der Waals surface area contributed by atoms with Crippen molar-refractivity contribution in [2.24, 2.45) is 0 Å². The van der Waals surface area contributed by atoms with Crippen LogP contribution in [0, 0.1) is 5.82 Å². The molecule has 0 spiro atoms. The van der Waals surface area contributed by atoms with Gasteiger partial charge in [-0.05, 0) is 42.6 Å². The van der Waals surface area contributed by atoms with Crippen LogP contribution in [0.4, 0.5) is 10.2 Å². The molecule has 2 rings (SSSR count). The Kier molecular flexibility index (Phi) is 4.50. The summed E-state index contributed by atoms with van der Waals surface area (Å²) < 4.78 is 12.8. The average molecular weight is 301 g/mol. The maximum Gasteiger partial charge on any atom is 0.245 e. The predicted molar refractivity (Wildman–Crippen MR) is 73.0 cm³/mol. The number of nitrogens with one attached hydrogen (secondary N) is 1. The largest absolute Gasteiger partial charge is 0.365 e. The molecule has 1 N–H and O–H groups in total. The minimum atomic E-state index is -0.251. The molecule has 0 bridgehead atoms. The van der Waals surface area contributed by atoms with E-state index in [-0.39, 0.29) is 22.3 Å². The minimum absolute atomic E-state index is 0.0286. The molecule has 4 nitrogen and oxygen atoms in total. The summed E-state index contributed by atoms with van der Waals surface area (Å²) in [5.41, 5.74) is 1.01. The van der Waals surface area contributed by atoms with E-state index in [0.717, 1.165) is 5.56 Å². The van der Waals surface area contributed by atoms with Gasteiger partial charge in [0.2, 0.25) is 5.28 Å². The van der Waals surface area contributed by atoms with Crippen LogP contribution >= 0.6 is 23.2 Å². The first-order chi connectivity index (χ1) is 9.04. The third kappa shape index (κ3) is 4.01. The zero-order valence-electron chi connectivity index (χ0n) is 10.1. The second-order valence-corrected chi connectivity index (χ2v) is 4.79. The maximum atomic E-state index is 12.8. The monoisotopic (exact) mass is 300 g/mol. The van der Waals surface area contributed by atoms with Gasteiger partial charge in [0.15, 0.2) is 11.0 Å². The summed E-state index contributed by atoms with van der Waals surface area (Å²) in [6.07, 6.45) is 0.693. The number of benzene rings is 1. The Morgan fingerprint density at radius 1 is 1.21 bits per heavy atom. The lowest BCUT2D eigenvalue weighted by molar-refractivity contribution is 0.626. The second-order valence-electron chi connectivity index (χ2n) is 4.10. The normalized spacial score (nSPS) is 12.2. The van der Waals surface area contributed by atoms with Crippen molar-refractivity contribution in [2.45, 2.75) is 19.4 Å². The van der Waals surface area contributed by atoms with Gasteiger partial charge in [-0.3, -0.25) is 0 Å². The summed E-state index contributed by atoms with van der Waals surface area (Å²) in [7, 11) is 0. The van der Waals surface area contributed by atoms with Crippen molar-refractivity contribution in [3.8, 4) is 0 Å². The third-order valence-electron chi connectivity index (χ3n) is 2.46. The van der Waals surface area contributed by atoms with E-state index in [9.17, 15) is 4.39 Å². The third-order valence-corrected chi connectivity index (χ3v) is 2.87. The molecule has 1 aromatic heterocycles. The van der Waals surface area contributed by atoms with Crippen molar-refractivity contribution in [2.75, 3.05) is 5.32 Å². The number of aromatic nitrogens is 3. The van der Waals surface area contributed by atoms with E-state index in [1.54, 1.807) is 12.1 Å². The highest BCUT2D eigenvalue weighted by atomic mass is 35.5. The predicted octanol–water partition coefficient (Wildman–Crippen LogP) is 3.36. The minimum Gasteiger partial charge on any atom is -0.365 e. The smallest absolute Gasteiger partial charge is 0.245 e. The molecular formula is C12H11Cl2FN4. The van der Waals surface area contributed by atoms with Crippen LogP contribution in [0.25, 0.3) is 0 Å². The van der Waals surface area contributed by atoms with Crippen LogP contribution in [0.2, 0.25) is 10.4 Å². The van der Waals surface area contributed by atoms with Crippen LogP contribution in [0.3, 0.4) is 0 Å². The molecule has 1 heterocycles. The van der Waals surface area contributed by atoms with Crippen molar-refractivity contribution >= 4 is 29.0 Å². The number of halogens is 3. The lowest BCUT2D eigenvalue weighted by Gasteiger charge is -2.14. The highest BCUT2D eigenvalue weighted by molar-refractivity contribution is 6.32. The Labute approximate surface area is 120 Å². The molecule has 0 saturated heterocycles. The van der Waals surface area contributed by atoms with E-state index in [4.69, 9.17) is 23.2 Å². The highest BCUT2D eigenvalue weighted by Gasteiger charge is 2.10. The fourth-order valence-electron chi connectivity index (χ4n) is 1.64. The van der Waals surface area contributed by atoms with Gasteiger partial charge >= 0.3 is 0 Å². The molecule has 2 aromatic rings. The lowest BCUT2D eigenvalue weighted by atomic mass is 10.1. The van der Waals surface area contributed by atoms with Gasteiger partial charge in [0.25, 0.3) is 0 Å². The van der Waals surface area contributed by atoms with E-state index >= 15 is 0 Å². The summed E-state index contributed by atoms with van der Waals surface area (Å²) in [4.78, 5) is 3.96. The highest BCUT2D eigenvalue weighted by Crippen LogP contribution is 2.18. The molecule has 19 heavy (non-hydrogen) atoms. The Balaban J connectivity index is 2.02. The fraction of sp³-hybridized carbons (Fsp3) is 0.250. The van der Waals surface area contributed by atoms with Gasteiger partial charge in [0.1, 0.15) is 5.82 Å². The van der Waals surface area contributed by atoms with E-state index in [2.05, 4.69) is 20.5 Å². The molecule has 1 aromatic carbocycles. The summed E-state index contributed by atoms with van der Waals surface area (Å²) in [5.74, 6) is 0.135. The van der Waals surface area contributed by atoms with E-state index in [1.165, 1.54) is 12.1 Å². The molecule has 1 atom stereocenters. The number of nitrogens with zero attached hydrogens (tertiary/aromatic N) is 3. The van der Waals surface area contributed by atoms with Gasteiger partial charge < -0.3 is 5.32 Å². The van der Waals surface area contributed by atoms with Gasteiger partial charge in [-0.1, -0.05) is 23.7 Å². The zero-order chi connectivity index (χ0) is 13.8. The second kappa shape index (κ2) is 6.12. The molecule has 7 heteroatoms. The zero-order valence-corrected chi connectivity index (χ0v) is 11.6. The summed E-state index contributed by atoms with van der Waals surface area (Å²) >= 11 is 11.5. The summed E-state index contributed by atoms with van der Waals surface area (Å²) in [6.45, 7) is 1.95. The molecule has 0 aliphatic carbocycles. The van der Waals surface area contributed by atoms with Crippen LogP contribution in [-0.4, -0.2) is 21.2 Å². The summed E-state index contributed by atoms with van der Waals surface area (Å²) in [5, 5.41) is 10.5. The number of rotatable bonds is 4. The van der Waals surface area contributed by atoms with E-state index in [1.807, 2.05) is 6.92 Å². The fourth-order valence-corrected chi connectivity index (χ4v) is 1.90. The molecule has 0 radical (unpaired) electrons. The molecule has 0 aliphatic heterocycles. The first kappa shape index (κ1) is 14.0. The SMILES string of the molecule is CC(Cc1ccc(F)cc1)Nc1nc(Cl)nnc1Cl. The number of hydrogen-bond acceptors (Lipinski definition) is 4. The molecule has 1 unspecified atom stereocenters. The molecule has 100 valence electrons. The Bertz CT molecular complexity index is 562. The Morgan fingerprint density at radius 2 is 1.89 bits per heavy atom. The lowest BCUT2D eigenvalue weighted by Crippen LogP contribution is -2.19. The van der Waals surface area contributed by atoms with Crippen molar-refractivity contribution in [3.63, 3.8) is 0 Å². The maximum absolute atomic E-state index is 12.8. The number of hydrogen-bond donors (Lipinski definition) is 1. The van der Waals surface area contributed by atoms with Gasteiger partial charge in [0.05, 0.1) is 0 Å². The van der Waals surface area contributed by atoms with Crippen LogP contribution in [0.15, 0.2) is 24.3 Å². The first-order valence-corrected chi connectivity index (χ1v) is 6.37. The summed E-state index contributed by atoms with van der Waals surface area (Å²) in [6, 6.07) is 6.37. The first-order valence-electron chi connectivity index (χ1n) is 5.61. The molecular weight excluding hydrogens is 290 g/mol. The van der Waals surface area contributed by atoms with Crippen molar-refractivity contribution < 1.29 is 4.39 Å². The van der Waals surface area contributed by atoms with Crippen molar-refractivity contribution in [1.29, 1.82) is 0 Å². The van der Waals surface area contributed by atoms with Crippen LogP contribution in [0.5, 0.6) is 0 Å². The van der Waals surface area contributed by atoms with Crippen LogP contribution < -0.4 is 5.32 Å². The molecule has 0 amide bonds. The van der Waals surface area contributed by atoms with Gasteiger partial charge in [0, 0.05) is 6.04 Å². The topological polar surface area (TPSA) is 50.7 Å². The Hall–Kier alpha value is -1.46. The van der Waals surface area contributed by atoms with Crippen LogP contribution in [-0.2, 0) is 6.42 Å². The molecule has 0 fully saturated rings. The average Bonchev–Trinajstić information content (AvgIpc) is 2.37. The van der Waals surface area contributed by atoms with Gasteiger partial charge in [-0.15, -0.1) is 10.2 Å².